The second kappa shape index (κ2) is 5.79. The first kappa shape index (κ1) is 14.1. The molecule has 1 heterocycles. The molecular formula is C13H16N2O5. The van der Waals surface area contributed by atoms with Crippen LogP contribution in [0.1, 0.15) is 16.8 Å². The van der Waals surface area contributed by atoms with E-state index in [9.17, 15) is 14.7 Å². The Kier molecular flexibility index (Phi) is 4.09. The number of rotatable bonds is 3. The van der Waals surface area contributed by atoms with Crippen LogP contribution in [0.5, 0.6) is 5.75 Å². The quantitative estimate of drug-likeness (QED) is 0.726. The van der Waals surface area contributed by atoms with Gasteiger partial charge >= 0.3 is 12.0 Å². The van der Waals surface area contributed by atoms with Crippen molar-refractivity contribution in [3.05, 3.63) is 23.8 Å². The van der Waals surface area contributed by atoms with Crippen LogP contribution in [0, 0.1) is 0 Å². The summed E-state index contributed by atoms with van der Waals surface area (Å²) in [5.74, 6) is -1.59. The predicted molar refractivity (Wildman–Crippen MR) is 71.1 cm³/mol. The van der Waals surface area contributed by atoms with Gasteiger partial charge in [-0.2, -0.15) is 0 Å². The number of anilines is 1. The molecule has 1 aromatic carbocycles. The molecule has 1 aliphatic rings. The molecule has 7 nitrogen and oxygen atoms in total. The summed E-state index contributed by atoms with van der Waals surface area (Å²) in [5, 5.41) is 20.9. The number of carboxylic acids is 1. The third-order valence-corrected chi connectivity index (χ3v) is 3.25. The monoisotopic (exact) mass is 280 g/mol. The van der Waals surface area contributed by atoms with Gasteiger partial charge in [0.05, 0.1) is 12.6 Å². The summed E-state index contributed by atoms with van der Waals surface area (Å²) in [4.78, 5) is 24.4. The zero-order valence-corrected chi connectivity index (χ0v) is 11.0. The molecule has 2 rings (SSSR count). The molecule has 2 amide bonds. The van der Waals surface area contributed by atoms with Crippen molar-refractivity contribution < 1.29 is 24.5 Å². The first-order chi connectivity index (χ1) is 9.49. The van der Waals surface area contributed by atoms with Gasteiger partial charge in [-0.25, -0.2) is 9.59 Å². The number of aromatic hydroxyl groups is 1. The summed E-state index contributed by atoms with van der Waals surface area (Å²) in [5.41, 5.74) is 0.0608. The van der Waals surface area contributed by atoms with Crippen LogP contribution in [0.2, 0.25) is 0 Å². The molecule has 20 heavy (non-hydrogen) atoms. The Morgan fingerprint density at radius 3 is 2.80 bits per heavy atom. The molecule has 1 unspecified atom stereocenters. The van der Waals surface area contributed by atoms with E-state index in [2.05, 4.69) is 5.32 Å². The molecule has 1 atom stereocenters. The van der Waals surface area contributed by atoms with E-state index in [0.29, 0.717) is 18.9 Å². The summed E-state index contributed by atoms with van der Waals surface area (Å²) in [7, 11) is 1.66. The molecule has 0 spiro atoms. The minimum atomic E-state index is -1.25. The fourth-order valence-corrected chi connectivity index (χ4v) is 1.99. The van der Waals surface area contributed by atoms with E-state index >= 15 is 0 Å². The molecule has 108 valence electrons. The predicted octanol–water partition coefficient (Wildman–Crippen LogP) is 1.34. The van der Waals surface area contributed by atoms with Crippen LogP contribution in [-0.4, -0.2) is 53.4 Å². The van der Waals surface area contributed by atoms with Crippen LogP contribution in [-0.2, 0) is 4.74 Å². The summed E-state index contributed by atoms with van der Waals surface area (Å²) in [6.45, 7) is 1.13. The smallest absolute Gasteiger partial charge is 0.339 e. The minimum absolute atomic E-state index is 0.0195. The lowest BCUT2D eigenvalue weighted by atomic mass is 10.2. The van der Waals surface area contributed by atoms with Gasteiger partial charge in [0.2, 0.25) is 0 Å². The highest BCUT2D eigenvalue weighted by Gasteiger charge is 2.24. The van der Waals surface area contributed by atoms with E-state index in [-0.39, 0.29) is 23.4 Å². The summed E-state index contributed by atoms with van der Waals surface area (Å²) in [6.07, 6.45) is 0.778. The number of amides is 2. The Balaban J connectivity index is 2.07. The van der Waals surface area contributed by atoms with E-state index < -0.39 is 5.97 Å². The first-order valence-electron chi connectivity index (χ1n) is 6.17. The molecule has 0 bridgehead atoms. The van der Waals surface area contributed by atoms with Crippen molar-refractivity contribution in [2.24, 2.45) is 0 Å². The number of urea groups is 1. The van der Waals surface area contributed by atoms with Gasteiger partial charge in [0.15, 0.2) is 0 Å². The van der Waals surface area contributed by atoms with Crippen molar-refractivity contribution in [2.45, 2.75) is 12.5 Å². The highest BCUT2D eigenvalue weighted by atomic mass is 16.5. The van der Waals surface area contributed by atoms with Crippen LogP contribution in [0.25, 0.3) is 0 Å². The molecule has 1 saturated heterocycles. The van der Waals surface area contributed by atoms with Crippen LogP contribution in [0.15, 0.2) is 18.2 Å². The van der Waals surface area contributed by atoms with E-state index in [1.807, 2.05) is 0 Å². The molecular weight excluding hydrogens is 264 g/mol. The van der Waals surface area contributed by atoms with E-state index in [4.69, 9.17) is 9.84 Å². The maximum atomic E-state index is 12.0. The molecule has 0 aliphatic carbocycles. The van der Waals surface area contributed by atoms with Crippen molar-refractivity contribution in [2.75, 3.05) is 25.6 Å². The molecule has 0 radical (unpaired) electrons. The first-order valence-corrected chi connectivity index (χ1v) is 6.17. The number of benzene rings is 1. The number of carbonyl (C=O) groups excluding carboxylic acids is 1. The topological polar surface area (TPSA) is 99.1 Å². The van der Waals surface area contributed by atoms with Crippen LogP contribution >= 0.6 is 0 Å². The Bertz CT molecular complexity index is 525. The number of hydrogen-bond donors (Lipinski definition) is 3. The number of nitrogens with one attached hydrogen (secondary N) is 1. The van der Waals surface area contributed by atoms with Gasteiger partial charge in [-0.1, -0.05) is 0 Å². The highest BCUT2D eigenvalue weighted by Crippen LogP contribution is 2.22. The zero-order chi connectivity index (χ0) is 14.7. The fourth-order valence-electron chi connectivity index (χ4n) is 1.99. The van der Waals surface area contributed by atoms with Gasteiger partial charge < -0.3 is 25.2 Å². The number of carboxylic acid groups (broad SMARTS) is 1. The van der Waals surface area contributed by atoms with Crippen molar-refractivity contribution >= 4 is 17.7 Å². The fraction of sp³-hybridized carbons (Fsp3) is 0.385. The molecule has 1 fully saturated rings. The number of phenols is 1. The summed E-state index contributed by atoms with van der Waals surface area (Å²) >= 11 is 0. The van der Waals surface area contributed by atoms with Gasteiger partial charge in [0, 0.05) is 19.3 Å². The molecule has 1 aliphatic heterocycles. The Morgan fingerprint density at radius 2 is 2.20 bits per heavy atom. The van der Waals surface area contributed by atoms with Gasteiger partial charge in [-0.15, -0.1) is 0 Å². The molecule has 0 aromatic heterocycles. The lowest BCUT2D eigenvalue weighted by Crippen LogP contribution is -2.40. The number of aromatic carboxylic acids is 1. The lowest BCUT2D eigenvalue weighted by molar-refractivity contribution is 0.0693. The number of likely N-dealkylation sites (N-methyl/N-ethyl adjacent to an activating group) is 1. The second-order valence-electron chi connectivity index (χ2n) is 4.60. The third kappa shape index (κ3) is 3.00. The minimum Gasteiger partial charge on any atom is -0.507 e. The van der Waals surface area contributed by atoms with Gasteiger partial charge in [0.1, 0.15) is 11.3 Å². The van der Waals surface area contributed by atoms with E-state index in [1.165, 1.54) is 23.1 Å². The maximum absolute atomic E-state index is 12.0. The third-order valence-electron chi connectivity index (χ3n) is 3.25. The number of carbonyl (C=O) groups is 2. The van der Waals surface area contributed by atoms with Gasteiger partial charge in [-0.3, -0.25) is 0 Å². The lowest BCUT2D eigenvalue weighted by Gasteiger charge is -2.23. The van der Waals surface area contributed by atoms with E-state index in [0.717, 1.165) is 6.42 Å². The van der Waals surface area contributed by atoms with E-state index in [1.54, 1.807) is 7.05 Å². The van der Waals surface area contributed by atoms with Crippen LogP contribution in [0.3, 0.4) is 0 Å². The summed E-state index contributed by atoms with van der Waals surface area (Å²) in [6, 6.07) is 3.57. The van der Waals surface area contributed by atoms with Crippen molar-refractivity contribution in [1.82, 2.24) is 4.90 Å². The Hall–Kier alpha value is -2.28. The van der Waals surface area contributed by atoms with Gasteiger partial charge in [-0.05, 0) is 24.6 Å². The molecule has 3 N–H and O–H groups in total. The maximum Gasteiger partial charge on any atom is 0.339 e. The SMILES string of the molecule is CN(C(=O)Nc1ccc(O)c(C(=O)O)c1)C1CCOC1. The number of nitrogens with zero attached hydrogens (tertiary/aromatic N) is 1. The molecule has 7 heteroatoms. The normalized spacial score (nSPS) is 17.8. The van der Waals surface area contributed by atoms with Crippen molar-refractivity contribution in [3.8, 4) is 5.75 Å². The molecule has 1 aromatic rings. The largest absolute Gasteiger partial charge is 0.507 e. The number of hydrogen-bond acceptors (Lipinski definition) is 4. The zero-order valence-electron chi connectivity index (χ0n) is 11.0. The Labute approximate surface area is 115 Å². The van der Waals surface area contributed by atoms with Crippen molar-refractivity contribution in [3.63, 3.8) is 0 Å². The van der Waals surface area contributed by atoms with Crippen LogP contribution < -0.4 is 5.32 Å². The van der Waals surface area contributed by atoms with Crippen LogP contribution in [0.4, 0.5) is 10.5 Å². The molecule has 0 saturated carbocycles. The standard InChI is InChI=1S/C13H16N2O5/c1-15(9-4-5-20-7-9)13(19)14-8-2-3-11(16)10(6-8)12(17)18/h2-3,6,9,16H,4-5,7H2,1H3,(H,14,19)(H,17,18). The number of ether oxygens (including phenoxy) is 1. The average Bonchev–Trinajstić information content (AvgIpc) is 2.93. The summed E-state index contributed by atoms with van der Waals surface area (Å²) < 4.78 is 5.21. The second-order valence-corrected chi connectivity index (χ2v) is 4.60. The Morgan fingerprint density at radius 1 is 1.45 bits per heavy atom. The van der Waals surface area contributed by atoms with Gasteiger partial charge in [0.25, 0.3) is 0 Å². The average molecular weight is 280 g/mol. The van der Waals surface area contributed by atoms with Crippen molar-refractivity contribution in [1.29, 1.82) is 0 Å². The highest BCUT2D eigenvalue weighted by molar-refractivity contribution is 5.95.